The Labute approximate surface area is 188 Å². The van der Waals surface area contributed by atoms with Crippen LogP contribution < -0.4 is 15.5 Å². The number of amides is 1. The number of aromatic nitrogens is 2. The largest absolute Gasteiger partial charge is 0.351 e. The maximum Gasteiger partial charge on any atom is 0.224 e. The van der Waals surface area contributed by atoms with E-state index in [0.29, 0.717) is 11.5 Å². The summed E-state index contributed by atoms with van der Waals surface area (Å²) in [5.41, 5.74) is 4.92. The second kappa shape index (κ2) is 8.89. The number of anilines is 2. The zero-order chi connectivity index (χ0) is 22.0. The first kappa shape index (κ1) is 21.1. The Balaban J connectivity index is 1.77. The molecule has 2 N–H and O–H groups in total. The Hall–Kier alpha value is -3.19. The molecule has 1 saturated heterocycles. The molecule has 2 unspecified atom stereocenters. The molecule has 3 heterocycles. The lowest BCUT2D eigenvalue weighted by Crippen LogP contribution is -2.30. The molecule has 3 aromatic rings. The van der Waals surface area contributed by atoms with Crippen LogP contribution in [0.1, 0.15) is 49.3 Å². The van der Waals surface area contributed by atoms with Crippen molar-refractivity contribution < 1.29 is 4.79 Å². The van der Waals surface area contributed by atoms with Crippen molar-refractivity contribution in [2.75, 3.05) is 10.2 Å². The summed E-state index contributed by atoms with van der Waals surface area (Å²) in [7, 11) is 0. The number of pyridine rings is 1. The fourth-order valence-electron chi connectivity index (χ4n) is 4.09. The quantitative estimate of drug-likeness (QED) is 0.550. The summed E-state index contributed by atoms with van der Waals surface area (Å²) in [6.07, 6.45) is 4.36. The lowest BCUT2D eigenvalue weighted by atomic mass is 10.0. The van der Waals surface area contributed by atoms with E-state index < -0.39 is 0 Å². The van der Waals surface area contributed by atoms with Crippen molar-refractivity contribution in [3.8, 4) is 0 Å². The van der Waals surface area contributed by atoms with Crippen molar-refractivity contribution in [3.63, 3.8) is 0 Å². The first-order valence-electron chi connectivity index (χ1n) is 10.6. The third-order valence-electron chi connectivity index (χ3n) is 5.69. The minimum absolute atomic E-state index is 0.00285. The Kier molecular flexibility index (Phi) is 6.04. The van der Waals surface area contributed by atoms with Crippen molar-refractivity contribution in [1.29, 1.82) is 0 Å². The summed E-state index contributed by atoms with van der Waals surface area (Å²) in [6.45, 7) is 6.86. The summed E-state index contributed by atoms with van der Waals surface area (Å²) < 4.78 is 2.24. The molecule has 1 aliphatic rings. The van der Waals surface area contributed by atoms with Crippen LogP contribution in [0, 0.1) is 6.92 Å². The van der Waals surface area contributed by atoms with Crippen LogP contribution in [0.15, 0.2) is 60.9 Å². The van der Waals surface area contributed by atoms with Crippen molar-refractivity contribution in [2.45, 2.75) is 45.8 Å². The Morgan fingerprint density at radius 3 is 2.71 bits per heavy atom. The smallest absolute Gasteiger partial charge is 0.224 e. The van der Waals surface area contributed by atoms with Crippen LogP contribution in [-0.2, 0) is 11.3 Å². The monoisotopic (exact) mass is 433 g/mol. The summed E-state index contributed by atoms with van der Waals surface area (Å²) in [5.74, 6) is 0.00285. The first-order chi connectivity index (χ1) is 15.0. The van der Waals surface area contributed by atoms with E-state index in [4.69, 9.17) is 12.2 Å². The van der Waals surface area contributed by atoms with Crippen LogP contribution in [0.2, 0.25) is 0 Å². The van der Waals surface area contributed by atoms with Gasteiger partial charge in [-0.1, -0.05) is 13.0 Å². The van der Waals surface area contributed by atoms with E-state index in [0.717, 1.165) is 29.2 Å². The van der Waals surface area contributed by atoms with E-state index in [9.17, 15) is 4.79 Å². The van der Waals surface area contributed by atoms with Crippen LogP contribution in [0.4, 0.5) is 11.4 Å². The Morgan fingerprint density at radius 1 is 1.19 bits per heavy atom. The highest BCUT2D eigenvalue weighted by Gasteiger charge is 2.42. The molecule has 0 bridgehead atoms. The first-order valence-corrected chi connectivity index (χ1v) is 11.0. The average Bonchev–Trinajstić information content (AvgIpc) is 3.39. The molecular formula is C24H27N5OS. The zero-order valence-electron chi connectivity index (χ0n) is 18.0. The molecule has 0 aliphatic carbocycles. The van der Waals surface area contributed by atoms with Gasteiger partial charge in [0.1, 0.15) is 6.04 Å². The number of rotatable bonds is 6. The van der Waals surface area contributed by atoms with Crippen LogP contribution in [0.25, 0.3) is 0 Å². The molecule has 31 heavy (non-hydrogen) atoms. The maximum atomic E-state index is 11.8. The van der Waals surface area contributed by atoms with Gasteiger partial charge in [0.05, 0.1) is 11.7 Å². The van der Waals surface area contributed by atoms with Gasteiger partial charge in [-0.25, -0.2) is 0 Å². The Morgan fingerprint density at radius 2 is 2.03 bits per heavy atom. The molecule has 1 fully saturated rings. The molecule has 6 nitrogen and oxygen atoms in total. The second-order valence-electron chi connectivity index (χ2n) is 7.62. The number of hydrogen-bond acceptors (Lipinski definition) is 3. The lowest BCUT2D eigenvalue weighted by Gasteiger charge is -2.29. The number of nitrogens with one attached hydrogen (secondary N) is 2. The molecule has 2 aromatic heterocycles. The minimum atomic E-state index is -0.0753. The van der Waals surface area contributed by atoms with Gasteiger partial charge in [0.25, 0.3) is 0 Å². The van der Waals surface area contributed by atoms with E-state index in [1.807, 2.05) is 50.4 Å². The molecular weight excluding hydrogens is 406 g/mol. The van der Waals surface area contributed by atoms with Gasteiger partial charge in [0.2, 0.25) is 5.91 Å². The predicted octanol–water partition coefficient (Wildman–Crippen LogP) is 4.74. The normalized spacial score (nSPS) is 18.2. The van der Waals surface area contributed by atoms with Crippen LogP contribution >= 0.6 is 12.2 Å². The third-order valence-corrected chi connectivity index (χ3v) is 6.00. The van der Waals surface area contributed by atoms with Gasteiger partial charge in [0, 0.05) is 42.4 Å². The number of thiocarbonyl (C=S) groups is 1. The van der Waals surface area contributed by atoms with Crippen LogP contribution in [0.3, 0.4) is 0 Å². The standard InChI is InChI=1S/C24H27N5OS/c1-4-21(30)26-18-12-11-17(15-16(18)3)29-23(20-10-8-14-28(20)5-2)22(27-24(29)31)19-9-6-7-13-25-19/h6-15,22-23H,4-5H2,1-3H3,(H,26,30)(H,27,31). The molecule has 160 valence electrons. The molecule has 1 aromatic carbocycles. The van der Waals surface area contributed by atoms with Gasteiger partial charge in [-0.05, 0) is 74.1 Å². The number of nitrogens with zero attached hydrogens (tertiary/aromatic N) is 3. The number of carbonyl (C=O) groups is 1. The van der Waals surface area contributed by atoms with Crippen molar-refractivity contribution in [2.24, 2.45) is 0 Å². The van der Waals surface area contributed by atoms with Crippen molar-refractivity contribution in [1.82, 2.24) is 14.9 Å². The van der Waals surface area contributed by atoms with E-state index in [-0.39, 0.29) is 18.0 Å². The molecule has 1 amide bonds. The summed E-state index contributed by atoms with van der Waals surface area (Å²) >= 11 is 5.80. The second-order valence-corrected chi connectivity index (χ2v) is 8.00. The SMILES string of the molecule is CCC(=O)Nc1ccc(N2C(=S)NC(c3ccccn3)C2c2cccn2CC)cc1C. The summed E-state index contributed by atoms with van der Waals surface area (Å²) in [5, 5.41) is 7.12. The van der Waals surface area contributed by atoms with Crippen LogP contribution in [0.5, 0.6) is 0 Å². The fraction of sp³-hybridized carbons (Fsp3) is 0.292. The van der Waals surface area contributed by atoms with E-state index >= 15 is 0 Å². The lowest BCUT2D eigenvalue weighted by molar-refractivity contribution is -0.115. The molecule has 0 radical (unpaired) electrons. The summed E-state index contributed by atoms with van der Waals surface area (Å²) in [6, 6.07) is 16.1. The van der Waals surface area contributed by atoms with Gasteiger partial charge < -0.3 is 20.1 Å². The average molecular weight is 434 g/mol. The predicted molar refractivity (Wildman–Crippen MR) is 128 cm³/mol. The van der Waals surface area contributed by atoms with E-state index in [2.05, 4.69) is 56.4 Å². The molecule has 0 saturated carbocycles. The summed E-state index contributed by atoms with van der Waals surface area (Å²) in [4.78, 5) is 18.6. The maximum absolute atomic E-state index is 11.8. The highest BCUT2D eigenvalue weighted by molar-refractivity contribution is 7.80. The van der Waals surface area contributed by atoms with Crippen molar-refractivity contribution in [3.05, 3.63) is 77.9 Å². The fourth-order valence-corrected chi connectivity index (χ4v) is 4.44. The van der Waals surface area contributed by atoms with Gasteiger partial charge >= 0.3 is 0 Å². The molecule has 1 aliphatic heterocycles. The van der Waals surface area contributed by atoms with Gasteiger partial charge in [0.15, 0.2) is 5.11 Å². The highest BCUT2D eigenvalue weighted by Crippen LogP contribution is 2.42. The van der Waals surface area contributed by atoms with Crippen molar-refractivity contribution >= 4 is 34.6 Å². The molecule has 0 spiro atoms. The number of carbonyl (C=O) groups excluding carboxylic acids is 1. The number of benzene rings is 1. The molecule has 4 rings (SSSR count). The molecule has 2 atom stereocenters. The van der Waals surface area contributed by atoms with Gasteiger partial charge in [-0.2, -0.15) is 0 Å². The van der Waals surface area contributed by atoms with E-state index in [1.165, 1.54) is 5.69 Å². The highest BCUT2D eigenvalue weighted by atomic mass is 32.1. The minimum Gasteiger partial charge on any atom is -0.351 e. The van der Waals surface area contributed by atoms with E-state index in [1.54, 1.807) is 0 Å². The number of aryl methyl sites for hydroxylation is 2. The zero-order valence-corrected chi connectivity index (χ0v) is 18.8. The topological polar surface area (TPSA) is 62.2 Å². The van der Waals surface area contributed by atoms with Gasteiger partial charge in [-0.3, -0.25) is 9.78 Å². The molecule has 7 heteroatoms. The van der Waals surface area contributed by atoms with Gasteiger partial charge in [-0.15, -0.1) is 0 Å². The Bertz CT molecular complexity index is 1090. The number of hydrogen-bond donors (Lipinski definition) is 2. The third kappa shape index (κ3) is 4.05. The van der Waals surface area contributed by atoms with Crippen LogP contribution in [-0.4, -0.2) is 20.6 Å².